The van der Waals surface area contributed by atoms with Crippen molar-refractivity contribution in [2.75, 3.05) is 0 Å². The number of amides is 1. The third kappa shape index (κ3) is 5.16. The summed E-state index contributed by atoms with van der Waals surface area (Å²) in [5.74, 6) is -0.561. The Bertz CT molecular complexity index is 438. The number of aliphatic carboxylic acids is 1. The fraction of sp³-hybridized carbons (Fsp3) is 0.571. The monoisotopic (exact) mass is 267 g/mol. The molecule has 0 aliphatic heterocycles. The number of hydrogen-bond acceptors (Lipinski definition) is 3. The quantitative estimate of drug-likeness (QED) is 0.795. The predicted molar refractivity (Wildman–Crippen MR) is 71.0 cm³/mol. The average Bonchev–Trinajstić information content (AvgIpc) is 2.75. The standard InChI is InChI=1S/C14H21NO4/c1-9(14(17)18)5-4-6-10(2)15-13(16)12-7-11(3)19-8-12/h7-10H,4-6H2,1-3H3,(H,15,16)(H,17,18). The molecule has 0 aromatic carbocycles. The minimum absolute atomic E-state index is 0.0173. The first-order valence-corrected chi connectivity index (χ1v) is 6.49. The molecule has 2 unspecified atom stereocenters. The van der Waals surface area contributed by atoms with Gasteiger partial charge in [0.2, 0.25) is 0 Å². The lowest BCUT2D eigenvalue weighted by molar-refractivity contribution is -0.141. The van der Waals surface area contributed by atoms with E-state index in [2.05, 4.69) is 5.32 Å². The topological polar surface area (TPSA) is 79.5 Å². The zero-order valence-corrected chi connectivity index (χ0v) is 11.6. The molecule has 19 heavy (non-hydrogen) atoms. The van der Waals surface area contributed by atoms with Crippen molar-refractivity contribution in [3.05, 3.63) is 23.7 Å². The third-order valence-electron chi connectivity index (χ3n) is 3.07. The maximum Gasteiger partial charge on any atom is 0.306 e. The van der Waals surface area contributed by atoms with Crippen LogP contribution in [-0.2, 0) is 4.79 Å². The fourth-order valence-electron chi connectivity index (χ4n) is 1.80. The van der Waals surface area contributed by atoms with E-state index in [9.17, 15) is 9.59 Å². The second-order valence-corrected chi connectivity index (χ2v) is 4.99. The molecule has 1 rings (SSSR count). The highest BCUT2D eigenvalue weighted by Crippen LogP contribution is 2.11. The van der Waals surface area contributed by atoms with Crippen molar-refractivity contribution in [1.82, 2.24) is 5.32 Å². The lowest BCUT2D eigenvalue weighted by atomic mass is 10.0. The van der Waals surface area contributed by atoms with E-state index in [1.54, 1.807) is 19.9 Å². The molecule has 0 fully saturated rings. The molecule has 5 heteroatoms. The van der Waals surface area contributed by atoms with E-state index in [1.165, 1.54) is 6.26 Å². The van der Waals surface area contributed by atoms with Crippen molar-refractivity contribution in [2.24, 2.45) is 5.92 Å². The summed E-state index contributed by atoms with van der Waals surface area (Å²) in [5, 5.41) is 11.6. The largest absolute Gasteiger partial charge is 0.481 e. The Balaban J connectivity index is 2.29. The maximum atomic E-state index is 11.8. The Kier molecular flexibility index (Phi) is 5.60. The molecule has 0 spiro atoms. The van der Waals surface area contributed by atoms with E-state index in [0.29, 0.717) is 17.7 Å². The molecular formula is C14H21NO4. The number of carbonyl (C=O) groups excluding carboxylic acids is 1. The molecule has 1 aromatic rings. The van der Waals surface area contributed by atoms with Crippen LogP contribution in [0.25, 0.3) is 0 Å². The number of carboxylic acids is 1. The minimum atomic E-state index is -0.773. The molecule has 5 nitrogen and oxygen atoms in total. The Morgan fingerprint density at radius 3 is 2.58 bits per heavy atom. The van der Waals surface area contributed by atoms with Crippen LogP contribution in [0.1, 0.15) is 49.2 Å². The Morgan fingerprint density at radius 1 is 1.37 bits per heavy atom. The van der Waals surface area contributed by atoms with E-state index in [0.717, 1.165) is 12.8 Å². The van der Waals surface area contributed by atoms with E-state index < -0.39 is 5.97 Å². The van der Waals surface area contributed by atoms with Gasteiger partial charge in [-0.25, -0.2) is 0 Å². The summed E-state index contributed by atoms with van der Waals surface area (Å²) < 4.78 is 5.08. The van der Waals surface area contributed by atoms with Crippen molar-refractivity contribution in [3.63, 3.8) is 0 Å². The van der Waals surface area contributed by atoms with E-state index in [-0.39, 0.29) is 17.9 Å². The summed E-state index contributed by atoms with van der Waals surface area (Å²) >= 11 is 0. The highest BCUT2D eigenvalue weighted by molar-refractivity contribution is 5.94. The molecular weight excluding hydrogens is 246 g/mol. The van der Waals surface area contributed by atoms with Crippen LogP contribution < -0.4 is 5.32 Å². The third-order valence-corrected chi connectivity index (χ3v) is 3.07. The van der Waals surface area contributed by atoms with Gasteiger partial charge in [0.1, 0.15) is 12.0 Å². The van der Waals surface area contributed by atoms with Crippen LogP contribution in [-0.4, -0.2) is 23.0 Å². The summed E-state index contributed by atoms with van der Waals surface area (Å²) in [7, 11) is 0. The number of hydrogen-bond donors (Lipinski definition) is 2. The molecule has 0 aliphatic rings. The van der Waals surface area contributed by atoms with Crippen LogP contribution in [0, 0.1) is 12.8 Å². The number of carboxylic acid groups (broad SMARTS) is 1. The highest BCUT2D eigenvalue weighted by Gasteiger charge is 2.14. The van der Waals surface area contributed by atoms with Crippen molar-refractivity contribution in [3.8, 4) is 0 Å². The SMILES string of the molecule is Cc1cc(C(=O)NC(C)CCCC(C)C(=O)O)co1. The van der Waals surface area contributed by atoms with Gasteiger partial charge in [-0.15, -0.1) is 0 Å². The Labute approximate surface area is 113 Å². The number of nitrogens with one attached hydrogen (secondary N) is 1. The van der Waals surface area contributed by atoms with Crippen molar-refractivity contribution >= 4 is 11.9 Å². The number of furan rings is 1. The predicted octanol–water partition coefficient (Wildman–Crippen LogP) is 2.60. The van der Waals surface area contributed by atoms with Gasteiger partial charge in [0.15, 0.2) is 0 Å². The Morgan fingerprint density at radius 2 is 2.05 bits per heavy atom. The zero-order chi connectivity index (χ0) is 14.4. The summed E-state index contributed by atoms with van der Waals surface area (Å²) in [6.45, 7) is 5.39. The molecule has 106 valence electrons. The van der Waals surface area contributed by atoms with Crippen molar-refractivity contribution < 1.29 is 19.1 Å². The molecule has 0 radical (unpaired) electrons. The van der Waals surface area contributed by atoms with Gasteiger partial charge in [0.25, 0.3) is 5.91 Å². The van der Waals surface area contributed by atoms with E-state index in [1.807, 2.05) is 6.92 Å². The normalized spacial score (nSPS) is 13.8. The van der Waals surface area contributed by atoms with Gasteiger partial charge in [0.05, 0.1) is 11.5 Å². The average molecular weight is 267 g/mol. The van der Waals surface area contributed by atoms with E-state index >= 15 is 0 Å². The zero-order valence-electron chi connectivity index (χ0n) is 11.6. The van der Waals surface area contributed by atoms with Crippen LogP contribution in [0.2, 0.25) is 0 Å². The van der Waals surface area contributed by atoms with Gasteiger partial charge in [-0.2, -0.15) is 0 Å². The molecule has 1 amide bonds. The molecule has 0 saturated heterocycles. The fourth-order valence-corrected chi connectivity index (χ4v) is 1.80. The van der Waals surface area contributed by atoms with E-state index in [4.69, 9.17) is 9.52 Å². The second-order valence-electron chi connectivity index (χ2n) is 4.99. The van der Waals surface area contributed by atoms with Crippen LogP contribution in [0.15, 0.2) is 16.7 Å². The number of rotatable bonds is 7. The van der Waals surface area contributed by atoms with Crippen LogP contribution in [0.5, 0.6) is 0 Å². The maximum absolute atomic E-state index is 11.8. The molecule has 1 aromatic heterocycles. The minimum Gasteiger partial charge on any atom is -0.481 e. The van der Waals surface area contributed by atoms with Gasteiger partial charge < -0.3 is 14.8 Å². The van der Waals surface area contributed by atoms with Gasteiger partial charge in [-0.05, 0) is 32.8 Å². The van der Waals surface area contributed by atoms with Gasteiger partial charge in [-0.3, -0.25) is 9.59 Å². The highest BCUT2D eigenvalue weighted by atomic mass is 16.4. The lowest BCUT2D eigenvalue weighted by Gasteiger charge is -2.13. The lowest BCUT2D eigenvalue weighted by Crippen LogP contribution is -2.32. The molecule has 0 bridgehead atoms. The summed E-state index contributed by atoms with van der Waals surface area (Å²) in [4.78, 5) is 22.5. The summed E-state index contributed by atoms with van der Waals surface area (Å²) in [6, 6.07) is 1.71. The Hall–Kier alpha value is -1.78. The van der Waals surface area contributed by atoms with Gasteiger partial charge >= 0.3 is 5.97 Å². The summed E-state index contributed by atoms with van der Waals surface area (Å²) in [6.07, 6.45) is 3.60. The van der Waals surface area contributed by atoms with Crippen molar-refractivity contribution in [2.45, 2.75) is 46.1 Å². The summed E-state index contributed by atoms with van der Waals surface area (Å²) in [5.41, 5.74) is 0.517. The molecule has 0 aliphatic carbocycles. The molecule has 0 saturated carbocycles. The second kappa shape index (κ2) is 6.97. The van der Waals surface area contributed by atoms with Crippen LogP contribution in [0.4, 0.5) is 0 Å². The number of aryl methyl sites for hydroxylation is 1. The van der Waals surface area contributed by atoms with Gasteiger partial charge in [-0.1, -0.05) is 13.3 Å². The molecule has 1 heterocycles. The first kappa shape index (κ1) is 15.3. The smallest absolute Gasteiger partial charge is 0.306 e. The number of carbonyl (C=O) groups is 2. The first-order valence-electron chi connectivity index (χ1n) is 6.49. The first-order chi connectivity index (χ1) is 8.90. The van der Waals surface area contributed by atoms with Gasteiger partial charge in [0, 0.05) is 6.04 Å². The van der Waals surface area contributed by atoms with Crippen molar-refractivity contribution in [1.29, 1.82) is 0 Å². The van der Waals surface area contributed by atoms with Crippen LogP contribution >= 0.6 is 0 Å². The van der Waals surface area contributed by atoms with Crippen LogP contribution in [0.3, 0.4) is 0 Å². The molecule has 2 atom stereocenters. The molecule has 2 N–H and O–H groups in total.